The van der Waals surface area contributed by atoms with E-state index in [9.17, 15) is 4.39 Å². The van der Waals surface area contributed by atoms with Gasteiger partial charge in [0.25, 0.3) is 0 Å². The predicted molar refractivity (Wildman–Crippen MR) is 82.2 cm³/mol. The predicted octanol–water partition coefficient (Wildman–Crippen LogP) is 3.67. The fraction of sp³-hybridized carbons (Fsp3) is 0.0667. The lowest BCUT2D eigenvalue weighted by Crippen LogP contribution is -1.95. The molecule has 0 aliphatic heterocycles. The Bertz CT molecular complexity index is 908. The van der Waals surface area contributed by atoms with Crippen LogP contribution in [0, 0.1) is 24.1 Å². The van der Waals surface area contributed by atoms with Gasteiger partial charge < -0.3 is 5.73 Å². The summed E-state index contributed by atoms with van der Waals surface area (Å²) in [4.78, 5) is 4.47. The number of hydrogen-bond acceptors (Lipinski definition) is 3. The smallest absolute Gasteiger partial charge is 0.140 e. The number of fused-ring (bicyclic) bond motifs is 1. The number of rotatable bonds is 1. The zero-order valence-corrected chi connectivity index (χ0v) is 12.6. The minimum Gasteiger partial charge on any atom is -0.383 e. The van der Waals surface area contributed by atoms with Crippen LogP contribution in [0.25, 0.3) is 16.9 Å². The Labute approximate surface area is 128 Å². The Kier molecular flexibility index (Phi) is 3.15. The SMILES string of the molecule is Cc1cc2nc(-c3ccc(F)c(C#N)c3)c(N)n2cc1Br. The summed E-state index contributed by atoms with van der Waals surface area (Å²) < 4.78 is 16.1. The molecule has 1 aromatic carbocycles. The van der Waals surface area contributed by atoms with Gasteiger partial charge >= 0.3 is 0 Å². The number of anilines is 1. The van der Waals surface area contributed by atoms with Crippen LogP contribution in [0.3, 0.4) is 0 Å². The summed E-state index contributed by atoms with van der Waals surface area (Å²) >= 11 is 3.45. The first-order valence-electron chi connectivity index (χ1n) is 6.15. The number of nitrogens with zero attached hydrogens (tertiary/aromatic N) is 3. The summed E-state index contributed by atoms with van der Waals surface area (Å²) in [6, 6.07) is 7.99. The molecule has 0 atom stereocenters. The van der Waals surface area contributed by atoms with Gasteiger partial charge in [-0.1, -0.05) is 0 Å². The average molecular weight is 345 g/mol. The number of hydrogen-bond donors (Lipinski definition) is 1. The fourth-order valence-electron chi connectivity index (χ4n) is 2.15. The molecule has 0 aliphatic carbocycles. The van der Waals surface area contributed by atoms with Gasteiger partial charge in [0.2, 0.25) is 0 Å². The van der Waals surface area contributed by atoms with Gasteiger partial charge in [0.1, 0.15) is 29.0 Å². The Morgan fingerprint density at radius 2 is 2.14 bits per heavy atom. The third-order valence-corrected chi connectivity index (χ3v) is 4.13. The van der Waals surface area contributed by atoms with Crippen LogP contribution in [0.2, 0.25) is 0 Å². The van der Waals surface area contributed by atoms with Crippen molar-refractivity contribution in [1.82, 2.24) is 9.38 Å². The second-order valence-electron chi connectivity index (χ2n) is 4.68. The molecule has 0 fully saturated rings. The zero-order chi connectivity index (χ0) is 15.1. The number of nitrogen functional groups attached to an aromatic ring is 1. The maximum atomic E-state index is 13.4. The number of aromatic nitrogens is 2. The lowest BCUT2D eigenvalue weighted by atomic mass is 10.1. The molecule has 3 rings (SSSR count). The first-order chi connectivity index (χ1) is 10.0. The van der Waals surface area contributed by atoms with Crippen molar-refractivity contribution in [3.05, 3.63) is 51.9 Å². The molecule has 0 saturated carbocycles. The van der Waals surface area contributed by atoms with E-state index in [0.717, 1.165) is 10.0 Å². The number of aryl methyl sites for hydroxylation is 1. The van der Waals surface area contributed by atoms with Crippen LogP contribution in [-0.2, 0) is 0 Å². The molecule has 0 spiro atoms. The highest BCUT2D eigenvalue weighted by molar-refractivity contribution is 9.10. The molecule has 0 unspecified atom stereocenters. The van der Waals surface area contributed by atoms with Gasteiger partial charge in [0, 0.05) is 16.2 Å². The second-order valence-corrected chi connectivity index (χ2v) is 5.54. The summed E-state index contributed by atoms with van der Waals surface area (Å²) in [6.45, 7) is 1.96. The van der Waals surface area contributed by atoms with Gasteiger partial charge in [0.05, 0.1) is 5.56 Å². The molecule has 104 valence electrons. The van der Waals surface area contributed by atoms with Gasteiger partial charge in [-0.3, -0.25) is 4.40 Å². The van der Waals surface area contributed by atoms with Crippen molar-refractivity contribution >= 4 is 27.4 Å². The van der Waals surface area contributed by atoms with Gasteiger partial charge in [-0.2, -0.15) is 5.26 Å². The second kappa shape index (κ2) is 4.86. The van der Waals surface area contributed by atoms with E-state index in [1.807, 2.05) is 25.3 Å². The third-order valence-electron chi connectivity index (χ3n) is 3.30. The van der Waals surface area contributed by atoms with Crippen LogP contribution < -0.4 is 5.73 Å². The van der Waals surface area contributed by atoms with Gasteiger partial charge in [-0.15, -0.1) is 0 Å². The minimum absolute atomic E-state index is 0.0266. The summed E-state index contributed by atoms with van der Waals surface area (Å²) in [6.07, 6.45) is 1.84. The number of imidazole rings is 1. The molecule has 0 bridgehead atoms. The van der Waals surface area contributed by atoms with Crippen molar-refractivity contribution < 1.29 is 4.39 Å². The standard InChI is InChI=1S/C15H10BrFN4/c1-8-4-13-20-14(15(19)21(13)7-11(8)16)9-2-3-12(17)10(5-9)6-18/h2-5,7H,19H2,1H3. The molecule has 2 N–H and O–H groups in total. The largest absolute Gasteiger partial charge is 0.383 e. The van der Waals surface area contributed by atoms with Gasteiger partial charge in [0.15, 0.2) is 0 Å². The van der Waals surface area contributed by atoms with Crippen LogP contribution in [0.5, 0.6) is 0 Å². The van der Waals surface area contributed by atoms with E-state index in [1.54, 1.807) is 10.5 Å². The van der Waals surface area contributed by atoms with E-state index in [1.165, 1.54) is 12.1 Å². The number of benzene rings is 1. The Morgan fingerprint density at radius 1 is 1.38 bits per heavy atom. The van der Waals surface area contributed by atoms with Gasteiger partial charge in [-0.25, -0.2) is 9.37 Å². The highest BCUT2D eigenvalue weighted by atomic mass is 79.9. The molecule has 2 aromatic heterocycles. The number of nitrogens with two attached hydrogens (primary N) is 1. The van der Waals surface area contributed by atoms with Crippen LogP contribution >= 0.6 is 15.9 Å². The fourth-order valence-corrected chi connectivity index (χ4v) is 2.47. The number of pyridine rings is 1. The first-order valence-corrected chi connectivity index (χ1v) is 6.94. The highest BCUT2D eigenvalue weighted by Gasteiger charge is 2.14. The molecule has 3 aromatic rings. The minimum atomic E-state index is -0.554. The summed E-state index contributed by atoms with van der Waals surface area (Å²) in [5.41, 5.74) is 8.98. The van der Waals surface area contributed by atoms with E-state index < -0.39 is 5.82 Å². The van der Waals surface area contributed by atoms with Crippen LogP contribution in [-0.4, -0.2) is 9.38 Å². The normalized spacial score (nSPS) is 10.8. The highest BCUT2D eigenvalue weighted by Crippen LogP contribution is 2.29. The summed E-state index contributed by atoms with van der Waals surface area (Å²) in [5, 5.41) is 8.92. The van der Waals surface area contributed by atoms with Crippen molar-refractivity contribution in [3.63, 3.8) is 0 Å². The van der Waals surface area contributed by atoms with E-state index in [0.29, 0.717) is 22.7 Å². The summed E-state index contributed by atoms with van der Waals surface area (Å²) in [7, 11) is 0. The van der Waals surface area contributed by atoms with E-state index in [4.69, 9.17) is 11.0 Å². The molecule has 0 radical (unpaired) electrons. The zero-order valence-electron chi connectivity index (χ0n) is 11.1. The number of halogens is 2. The molecule has 6 heteroatoms. The van der Waals surface area contributed by atoms with Crippen molar-refractivity contribution in [3.8, 4) is 17.3 Å². The van der Waals surface area contributed by atoms with Gasteiger partial charge in [-0.05, 0) is 52.7 Å². The Morgan fingerprint density at radius 3 is 2.86 bits per heavy atom. The summed E-state index contributed by atoms with van der Waals surface area (Å²) in [5.74, 6) is -0.108. The van der Waals surface area contributed by atoms with Crippen molar-refractivity contribution in [2.75, 3.05) is 5.73 Å². The monoisotopic (exact) mass is 344 g/mol. The Hall–Kier alpha value is -2.39. The third kappa shape index (κ3) is 2.16. The quantitative estimate of drug-likeness (QED) is 0.732. The van der Waals surface area contributed by atoms with E-state index in [2.05, 4.69) is 20.9 Å². The van der Waals surface area contributed by atoms with E-state index >= 15 is 0 Å². The molecule has 0 saturated heterocycles. The maximum absolute atomic E-state index is 13.4. The van der Waals surface area contributed by atoms with Crippen molar-refractivity contribution in [2.24, 2.45) is 0 Å². The lowest BCUT2D eigenvalue weighted by molar-refractivity contribution is 0.624. The van der Waals surface area contributed by atoms with Crippen molar-refractivity contribution in [1.29, 1.82) is 5.26 Å². The molecule has 0 aliphatic rings. The number of nitriles is 1. The van der Waals surface area contributed by atoms with Crippen LogP contribution in [0.15, 0.2) is 34.9 Å². The first kappa shape index (κ1) is 13.6. The topological polar surface area (TPSA) is 67.1 Å². The molecule has 4 nitrogen and oxygen atoms in total. The van der Waals surface area contributed by atoms with Crippen LogP contribution in [0.1, 0.15) is 11.1 Å². The molecule has 2 heterocycles. The molecular weight excluding hydrogens is 335 g/mol. The van der Waals surface area contributed by atoms with E-state index in [-0.39, 0.29) is 5.56 Å². The molecular formula is C15H10BrFN4. The molecule has 21 heavy (non-hydrogen) atoms. The average Bonchev–Trinajstić information content (AvgIpc) is 2.77. The lowest BCUT2D eigenvalue weighted by Gasteiger charge is -2.02. The molecule has 0 amide bonds. The van der Waals surface area contributed by atoms with Crippen LogP contribution in [0.4, 0.5) is 10.2 Å². The van der Waals surface area contributed by atoms with Crippen molar-refractivity contribution in [2.45, 2.75) is 6.92 Å². The Balaban J connectivity index is 2.26. The maximum Gasteiger partial charge on any atom is 0.140 e.